The molecular formula is C23H22N2OS. The molecule has 0 fully saturated rings. The molecule has 2 aromatic carbocycles. The predicted molar refractivity (Wildman–Crippen MR) is 112 cm³/mol. The van der Waals surface area contributed by atoms with E-state index in [1.165, 1.54) is 11.1 Å². The minimum Gasteiger partial charge on any atom is -0.344 e. The van der Waals surface area contributed by atoms with Crippen molar-refractivity contribution in [2.75, 3.05) is 0 Å². The Morgan fingerprint density at radius 2 is 1.81 bits per heavy atom. The molecule has 0 unspecified atom stereocenters. The zero-order valence-electron chi connectivity index (χ0n) is 15.5. The molecule has 0 saturated heterocycles. The summed E-state index contributed by atoms with van der Waals surface area (Å²) in [5.41, 5.74) is 4.28. The fourth-order valence-electron chi connectivity index (χ4n) is 3.37. The molecule has 4 rings (SSSR count). The van der Waals surface area contributed by atoms with Gasteiger partial charge in [-0.3, -0.25) is 4.79 Å². The summed E-state index contributed by atoms with van der Waals surface area (Å²) in [6, 6.07) is 22.4. The van der Waals surface area contributed by atoms with Gasteiger partial charge in [0.2, 0.25) is 0 Å². The normalized spacial score (nSPS) is 12.2. The molecular weight excluding hydrogens is 352 g/mol. The van der Waals surface area contributed by atoms with Gasteiger partial charge in [-0.05, 0) is 48.1 Å². The van der Waals surface area contributed by atoms with Crippen molar-refractivity contribution in [3.8, 4) is 0 Å². The molecule has 3 nitrogen and oxygen atoms in total. The molecule has 4 heteroatoms. The smallest absolute Gasteiger partial charge is 0.268 e. The maximum absolute atomic E-state index is 13.1. The maximum atomic E-state index is 13.1. The van der Waals surface area contributed by atoms with Crippen molar-refractivity contribution in [2.24, 2.45) is 0 Å². The van der Waals surface area contributed by atoms with Crippen LogP contribution in [0.1, 0.15) is 40.1 Å². The Kier molecular flexibility index (Phi) is 4.82. The van der Waals surface area contributed by atoms with Crippen molar-refractivity contribution in [3.05, 3.63) is 94.5 Å². The fourth-order valence-corrected chi connectivity index (χ4v) is 4.27. The fraction of sp³-hybridized carbons (Fsp3) is 0.174. The molecule has 4 aromatic rings. The lowest BCUT2D eigenvalue weighted by Gasteiger charge is -2.16. The number of fused-ring (bicyclic) bond motifs is 1. The number of rotatable bonds is 5. The van der Waals surface area contributed by atoms with Crippen LogP contribution in [0.25, 0.3) is 10.2 Å². The van der Waals surface area contributed by atoms with Gasteiger partial charge in [0.1, 0.15) is 10.5 Å². The maximum Gasteiger partial charge on any atom is 0.268 e. The van der Waals surface area contributed by atoms with Crippen LogP contribution in [0.2, 0.25) is 0 Å². The largest absolute Gasteiger partial charge is 0.344 e. The molecule has 136 valence electrons. The van der Waals surface area contributed by atoms with Crippen molar-refractivity contribution in [1.29, 1.82) is 0 Å². The number of carbonyl (C=O) groups is 1. The highest BCUT2D eigenvalue weighted by Crippen LogP contribution is 2.27. The first-order valence-electron chi connectivity index (χ1n) is 9.10. The van der Waals surface area contributed by atoms with E-state index in [-0.39, 0.29) is 11.9 Å². The van der Waals surface area contributed by atoms with Crippen LogP contribution in [0.4, 0.5) is 0 Å². The third-order valence-corrected chi connectivity index (χ3v) is 5.92. The number of amides is 1. The Morgan fingerprint density at radius 3 is 2.59 bits per heavy atom. The van der Waals surface area contributed by atoms with Gasteiger partial charge in [-0.1, -0.05) is 54.6 Å². The van der Waals surface area contributed by atoms with Crippen LogP contribution in [0.15, 0.2) is 72.1 Å². The molecule has 1 amide bonds. The SMILES string of the molecule is Cc1ccccc1Cn1c(C(=O)N[C@H](C)c2ccccc2)cc2ccsc21. The van der Waals surface area contributed by atoms with E-state index in [0.29, 0.717) is 12.2 Å². The summed E-state index contributed by atoms with van der Waals surface area (Å²) in [5.74, 6) is -0.0386. The van der Waals surface area contributed by atoms with Gasteiger partial charge in [0.25, 0.3) is 5.91 Å². The van der Waals surface area contributed by atoms with Crippen LogP contribution < -0.4 is 5.32 Å². The second kappa shape index (κ2) is 7.41. The Labute approximate surface area is 163 Å². The van der Waals surface area contributed by atoms with Gasteiger partial charge < -0.3 is 9.88 Å². The monoisotopic (exact) mass is 374 g/mol. The number of thiophene rings is 1. The minimum absolute atomic E-state index is 0.0386. The molecule has 2 aromatic heterocycles. The average Bonchev–Trinajstić information content (AvgIpc) is 3.27. The van der Waals surface area contributed by atoms with Crippen LogP contribution in [0, 0.1) is 6.92 Å². The van der Waals surface area contributed by atoms with E-state index in [9.17, 15) is 4.79 Å². The minimum atomic E-state index is -0.0430. The van der Waals surface area contributed by atoms with E-state index in [2.05, 4.69) is 46.5 Å². The summed E-state index contributed by atoms with van der Waals surface area (Å²) in [5, 5.41) is 6.34. The van der Waals surface area contributed by atoms with Crippen LogP contribution in [0.3, 0.4) is 0 Å². The topological polar surface area (TPSA) is 34.0 Å². The number of benzene rings is 2. The summed E-state index contributed by atoms with van der Waals surface area (Å²) in [6.07, 6.45) is 0. The highest BCUT2D eigenvalue weighted by atomic mass is 32.1. The summed E-state index contributed by atoms with van der Waals surface area (Å²) >= 11 is 1.68. The molecule has 0 aliphatic carbocycles. The molecule has 0 bridgehead atoms. The van der Waals surface area contributed by atoms with Crippen molar-refractivity contribution in [1.82, 2.24) is 9.88 Å². The Hall–Kier alpha value is -2.85. The number of nitrogens with zero attached hydrogens (tertiary/aromatic N) is 1. The first-order valence-corrected chi connectivity index (χ1v) is 9.98. The Balaban J connectivity index is 1.66. The van der Waals surface area contributed by atoms with Gasteiger partial charge in [0.05, 0.1) is 6.04 Å². The van der Waals surface area contributed by atoms with Gasteiger partial charge in [-0.2, -0.15) is 0 Å². The van der Waals surface area contributed by atoms with E-state index < -0.39 is 0 Å². The zero-order valence-corrected chi connectivity index (χ0v) is 16.3. The van der Waals surface area contributed by atoms with Gasteiger partial charge in [-0.25, -0.2) is 0 Å². The van der Waals surface area contributed by atoms with E-state index in [0.717, 1.165) is 15.8 Å². The van der Waals surface area contributed by atoms with E-state index in [4.69, 9.17) is 0 Å². The Bertz CT molecular complexity index is 1080. The molecule has 0 saturated carbocycles. The van der Waals surface area contributed by atoms with Crippen LogP contribution in [0.5, 0.6) is 0 Å². The highest BCUT2D eigenvalue weighted by Gasteiger charge is 2.19. The number of nitrogens with one attached hydrogen (secondary N) is 1. The quantitative estimate of drug-likeness (QED) is 0.488. The van der Waals surface area contributed by atoms with E-state index in [1.54, 1.807) is 11.3 Å². The van der Waals surface area contributed by atoms with Gasteiger partial charge >= 0.3 is 0 Å². The Morgan fingerprint density at radius 1 is 1.07 bits per heavy atom. The molecule has 27 heavy (non-hydrogen) atoms. The first-order chi connectivity index (χ1) is 13.1. The number of carbonyl (C=O) groups excluding carboxylic acids is 1. The first kappa shape index (κ1) is 17.6. The second-order valence-electron chi connectivity index (χ2n) is 6.83. The number of aryl methyl sites for hydroxylation is 1. The van der Waals surface area contributed by atoms with Gasteiger partial charge in [-0.15, -0.1) is 11.3 Å². The highest BCUT2D eigenvalue weighted by molar-refractivity contribution is 7.16. The summed E-state index contributed by atoms with van der Waals surface area (Å²) in [4.78, 5) is 14.2. The third-order valence-electron chi connectivity index (χ3n) is 4.97. The van der Waals surface area contributed by atoms with Crippen LogP contribution in [-0.4, -0.2) is 10.5 Å². The van der Waals surface area contributed by atoms with Crippen molar-refractivity contribution in [3.63, 3.8) is 0 Å². The number of hydrogen-bond donors (Lipinski definition) is 1. The molecule has 0 radical (unpaired) electrons. The molecule has 0 spiro atoms. The van der Waals surface area contributed by atoms with Crippen LogP contribution >= 0.6 is 11.3 Å². The lowest BCUT2D eigenvalue weighted by molar-refractivity contribution is 0.0931. The summed E-state index contributed by atoms with van der Waals surface area (Å²) in [6.45, 7) is 4.82. The second-order valence-corrected chi connectivity index (χ2v) is 7.72. The third kappa shape index (κ3) is 3.53. The molecule has 1 N–H and O–H groups in total. The summed E-state index contributed by atoms with van der Waals surface area (Å²) in [7, 11) is 0. The summed E-state index contributed by atoms with van der Waals surface area (Å²) < 4.78 is 2.13. The van der Waals surface area contributed by atoms with Crippen LogP contribution in [-0.2, 0) is 6.54 Å². The molecule has 0 aliphatic rings. The standard InChI is InChI=1S/C23H22N2OS/c1-16-8-6-7-11-20(16)15-25-21(14-19-12-13-27-23(19)25)22(26)24-17(2)18-9-4-3-5-10-18/h3-14,17H,15H2,1-2H3,(H,24,26)/t17-/m1/s1. The average molecular weight is 375 g/mol. The lowest BCUT2D eigenvalue weighted by atomic mass is 10.1. The van der Waals surface area contributed by atoms with Gasteiger partial charge in [0.15, 0.2) is 0 Å². The molecule has 2 heterocycles. The number of hydrogen-bond acceptors (Lipinski definition) is 2. The van der Waals surface area contributed by atoms with Crippen molar-refractivity contribution in [2.45, 2.75) is 26.4 Å². The predicted octanol–water partition coefficient (Wildman–Crippen LogP) is 5.55. The van der Waals surface area contributed by atoms with Crippen molar-refractivity contribution < 1.29 is 4.79 Å². The number of aromatic nitrogens is 1. The van der Waals surface area contributed by atoms with E-state index >= 15 is 0 Å². The van der Waals surface area contributed by atoms with Crippen molar-refractivity contribution >= 4 is 27.5 Å². The van der Waals surface area contributed by atoms with E-state index in [1.807, 2.05) is 49.4 Å². The van der Waals surface area contributed by atoms with Gasteiger partial charge in [0, 0.05) is 11.9 Å². The lowest BCUT2D eigenvalue weighted by Crippen LogP contribution is -2.28. The molecule has 1 atom stereocenters. The zero-order chi connectivity index (χ0) is 18.8. The molecule has 0 aliphatic heterocycles.